The van der Waals surface area contributed by atoms with Gasteiger partial charge in [0.15, 0.2) is 0 Å². The molecule has 0 radical (unpaired) electrons. The molecule has 1 N–H and O–H groups in total. The summed E-state index contributed by atoms with van der Waals surface area (Å²) in [5.41, 5.74) is -0.399. The van der Waals surface area contributed by atoms with Gasteiger partial charge < -0.3 is 15.0 Å². The van der Waals surface area contributed by atoms with Gasteiger partial charge in [-0.1, -0.05) is 0 Å². The van der Waals surface area contributed by atoms with E-state index in [0.29, 0.717) is 0 Å². The summed E-state index contributed by atoms with van der Waals surface area (Å²) in [5, 5.41) is 3.22. The van der Waals surface area contributed by atoms with Gasteiger partial charge in [0.1, 0.15) is 5.60 Å². The maximum absolute atomic E-state index is 11.6. The molecule has 0 saturated carbocycles. The van der Waals surface area contributed by atoms with Crippen molar-refractivity contribution in [1.29, 1.82) is 0 Å². The Kier molecular flexibility index (Phi) is 3.97. The Bertz CT molecular complexity index is 219. The molecule has 1 heterocycles. The van der Waals surface area contributed by atoms with E-state index in [4.69, 9.17) is 4.74 Å². The Morgan fingerprint density at radius 1 is 1.47 bits per heavy atom. The normalized spacial score (nSPS) is 17.1. The molecule has 4 heteroatoms. The van der Waals surface area contributed by atoms with Gasteiger partial charge in [0.25, 0.3) is 0 Å². The van der Waals surface area contributed by atoms with Crippen LogP contribution in [0.15, 0.2) is 0 Å². The minimum absolute atomic E-state index is 0.227. The van der Waals surface area contributed by atoms with Crippen LogP contribution >= 0.6 is 0 Å². The van der Waals surface area contributed by atoms with Crippen molar-refractivity contribution in [3.05, 3.63) is 0 Å². The number of rotatable bonds is 3. The molecule has 0 aromatic carbocycles. The Labute approximate surface area is 92.0 Å². The number of hydrogen-bond acceptors (Lipinski definition) is 3. The molecule has 0 bridgehead atoms. The molecule has 0 atom stereocenters. The smallest absolute Gasteiger partial charge is 0.410 e. The summed E-state index contributed by atoms with van der Waals surface area (Å²) in [4.78, 5) is 13.2. The number of ether oxygens (including phenoxy) is 1. The predicted molar refractivity (Wildman–Crippen MR) is 59.8 cm³/mol. The van der Waals surface area contributed by atoms with Crippen LogP contribution in [0.5, 0.6) is 0 Å². The highest BCUT2D eigenvalue weighted by molar-refractivity contribution is 5.67. The number of carbonyl (C=O) groups excluding carboxylic acids is 1. The number of nitrogens with zero attached hydrogens (tertiary/aromatic N) is 1. The van der Waals surface area contributed by atoms with Crippen LogP contribution in [0.1, 0.15) is 27.2 Å². The van der Waals surface area contributed by atoms with Crippen molar-refractivity contribution in [2.24, 2.45) is 5.92 Å². The highest BCUT2D eigenvalue weighted by Crippen LogP contribution is 2.12. The number of amides is 1. The lowest BCUT2D eigenvalue weighted by Crippen LogP contribution is -2.44. The lowest BCUT2D eigenvalue weighted by molar-refractivity contribution is 0.0286. The number of carbonyl (C=O) groups is 1. The largest absolute Gasteiger partial charge is 0.444 e. The maximum atomic E-state index is 11.6. The molecule has 0 unspecified atom stereocenters. The molecule has 0 aromatic rings. The predicted octanol–water partition coefficient (Wildman–Crippen LogP) is 1.46. The molecule has 1 fully saturated rings. The van der Waals surface area contributed by atoms with Crippen LogP contribution in [-0.4, -0.2) is 43.3 Å². The summed E-state index contributed by atoms with van der Waals surface area (Å²) in [6.45, 7) is 8.60. The lowest BCUT2D eigenvalue weighted by atomic mass is 9.99. The first-order chi connectivity index (χ1) is 6.88. The molecule has 1 amide bonds. The van der Waals surface area contributed by atoms with Crippen molar-refractivity contribution >= 4 is 6.09 Å². The quantitative estimate of drug-likeness (QED) is 0.773. The molecular formula is C11H22N2O2. The Balaban J connectivity index is 2.20. The van der Waals surface area contributed by atoms with E-state index in [-0.39, 0.29) is 6.09 Å². The molecular weight excluding hydrogens is 192 g/mol. The molecule has 4 nitrogen and oxygen atoms in total. The van der Waals surface area contributed by atoms with Crippen molar-refractivity contribution < 1.29 is 9.53 Å². The summed E-state index contributed by atoms with van der Waals surface area (Å²) >= 11 is 0. The molecule has 1 aliphatic heterocycles. The molecule has 0 aliphatic carbocycles. The van der Waals surface area contributed by atoms with Gasteiger partial charge in [-0.05, 0) is 46.2 Å². The van der Waals surface area contributed by atoms with E-state index < -0.39 is 5.60 Å². The Hall–Kier alpha value is -0.770. The molecule has 15 heavy (non-hydrogen) atoms. The van der Waals surface area contributed by atoms with Crippen LogP contribution in [0.2, 0.25) is 0 Å². The van der Waals surface area contributed by atoms with Gasteiger partial charge in [0.05, 0.1) is 0 Å². The zero-order valence-corrected chi connectivity index (χ0v) is 10.2. The third-order valence-corrected chi connectivity index (χ3v) is 2.44. The van der Waals surface area contributed by atoms with Crippen LogP contribution in [0.4, 0.5) is 4.79 Å². The van der Waals surface area contributed by atoms with E-state index in [2.05, 4.69) is 5.32 Å². The van der Waals surface area contributed by atoms with Gasteiger partial charge >= 0.3 is 6.09 Å². The van der Waals surface area contributed by atoms with Crippen LogP contribution in [0.25, 0.3) is 0 Å². The fraction of sp³-hybridized carbons (Fsp3) is 0.909. The molecule has 1 aliphatic rings. The van der Waals surface area contributed by atoms with E-state index in [0.717, 1.165) is 32.0 Å². The molecule has 88 valence electrons. The van der Waals surface area contributed by atoms with Gasteiger partial charge in [-0.15, -0.1) is 0 Å². The highest BCUT2D eigenvalue weighted by Gasteiger charge is 2.21. The fourth-order valence-electron chi connectivity index (χ4n) is 1.36. The van der Waals surface area contributed by atoms with Crippen LogP contribution in [-0.2, 0) is 4.74 Å². The highest BCUT2D eigenvalue weighted by atomic mass is 16.6. The summed E-state index contributed by atoms with van der Waals surface area (Å²) in [5.74, 6) is 0.731. The van der Waals surface area contributed by atoms with E-state index >= 15 is 0 Å². The van der Waals surface area contributed by atoms with Crippen molar-refractivity contribution in [1.82, 2.24) is 10.2 Å². The third-order valence-electron chi connectivity index (χ3n) is 2.44. The summed E-state index contributed by atoms with van der Waals surface area (Å²) < 4.78 is 5.25. The van der Waals surface area contributed by atoms with Crippen LogP contribution < -0.4 is 5.32 Å². The second-order valence-electron chi connectivity index (χ2n) is 5.21. The second-order valence-corrected chi connectivity index (χ2v) is 5.21. The fourth-order valence-corrected chi connectivity index (χ4v) is 1.36. The lowest BCUT2D eigenvalue weighted by Gasteiger charge is -2.30. The van der Waals surface area contributed by atoms with E-state index in [1.807, 2.05) is 20.8 Å². The van der Waals surface area contributed by atoms with E-state index in [1.165, 1.54) is 0 Å². The standard InChI is InChI=1S/C11H22N2O2/c1-11(2,3)15-10(14)13(4)6-5-9-7-12-8-9/h9,12H,5-8H2,1-4H3. The minimum Gasteiger partial charge on any atom is -0.444 e. The van der Waals surface area contributed by atoms with Crippen molar-refractivity contribution in [3.8, 4) is 0 Å². The Morgan fingerprint density at radius 3 is 2.47 bits per heavy atom. The first kappa shape index (κ1) is 12.3. The average molecular weight is 214 g/mol. The zero-order valence-electron chi connectivity index (χ0n) is 10.2. The molecule has 0 aromatic heterocycles. The molecule has 1 rings (SSSR count). The zero-order chi connectivity index (χ0) is 11.5. The monoisotopic (exact) mass is 214 g/mol. The molecule has 1 saturated heterocycles. The first-order valence-electron chi connectivity index (χ1n) is 5.53. The first-order valence-corrected chi connectivity index (χ1v) is 5.53. The van der Waals surface area contributed by atoms with Crippen LogP contribution in [0, 0.1) is 5.92 Å². The Morgan fingerprint density at radius 2 is 2.07 bits per heavy atom. The summed E-state index contributed by atoms with van der Waals surface area (Å²) in [6.07, 6.45) is 0.831. The van der Waals surface area contributed by atoms with Crippen molar-refractivity contribution in [2.45, 2.75) is 32.8 Å². The van der Waals surface area contributed by atoms with Crippen molar-refractivity contribution in [3.63, 3.8) is 0 Å². The average Bonchev–Trinajstić information content (AvgIpc) is 1.97. The van der Waals surface area contributed by atoms with Gasteiger partial charge in [-0.3, -0.25) is 0 Å². The molecule has 0 spiro atoms. The van der Waals surface area contributed by atoms with E-state index in [9.17, 15) is 4.79 Å². The van der Waals surface area contributed by atoms with E-state index in [1.54, 1.807) is 11.9 Å². The number of hydrogen-bond donors (Lipinski definition) is 1. The van der Waals surface area contributed by atoms with Crippen molar-refractivity contribution in [2.75, 3.05) is 26.7 Å². The summed E-state index contributed by atoms with van der Waals surface area (Å²) in [6, 6.07) is 0. The second kappa shape index (κ2) is 4.84. The number of nitrogens with one attached hydrogen (secondary N) is 1. The van der Waals surface area contributed by atoms with Gasteiger partial charge in [0, 0.05) is 13.6 Å². The maximum Gasteiger partial charge on any atom is 0.410 e. The van der Waals surface area contributed by atoms with Gasteiger partial charge in [0.2, 0.25) is 0 Å². The summed E-state index contributed by atoms with van der Waals surface area (Å²) in [7, 11) is 1.79. The SMILES string of the molecule is CN(CCC1CNC1)C(=O)OC(C)(C)C. The van der Waals surface area contributed by atoms with Gasteiger partial charge in [-0.25, -0.2) is 4.79 Å². The topological polar surface area (TPSA) is 41.6 Å². The van der Waals surface area contributed by atoms with Crippen LogP contribution in [0.3, 0.4) is 0 Å². The third kappa shape index (κ3) is 4.51. The minimum atomic E-state index is -0.399. The van der Waals surface area contributed by atoms with Gasteiger partial charge in [-0.2, -0.15) is 0 Å².